The molecule has 0 aliphatic heterocycles. The van der Waals surface area contributed by atoms with Gasteiger partial charge in [0.15, 0.2) is 0 Å². The SMILES string of the molecule is CCOc1ccc(NC(=O)C(Cc2ccccc2)NS(=O)(=O)c2cccs2)cc1. The first-order chi connectivity index (χ1) is 14.0. The lowest BCUT2D eigenvalue weighted by Gasteiger charge is -2.18. The van der Waals surface area contributed by atoms with Crippen molar-refractivity contribution in [3.8, 4) is 5.75 Å². The summed E-state index contributed by atoms with van der Waals surface area (Å²) in [5, 5.41) is 4.46. The minimum atomic E-state index is -3.80. The minimum Gasteiger partial charge on any atom is -0.494 e. The van der Waals surface area contributed by atoms with Crippen LogP contribution in [0.4, 0.5) is 5.69 Å². The second-order valence-electron chi connectivity index (χ2n) is 6.24. The summed E-state index contributed by atoms with van der Waals surface area (Å²) in [6.07, 6.45) is 0.230. The smallest absolute Gasteiger partial charge is 0.250 e. The van der Waals surface area contributed by atoms with E-state index in [0.29, 0.717) is 18.0 Å². The number of nitrogens with one attached hydrogen (secondary N) is 2. The molecule has 3 aromatic rings. The summed E-state index contributed by atoms with van der Waals surface area (Å²) in [7, 11) is -3.80. The topological polar surface area (TPSA) is 84.5 Å². The molecule has 1 heterocycles. The fraction of sp³-hybridized carbons (Fsp3) is 0.190. The maximum Gasteiger partial charge on any atom is 0.250 e. The third-order valence-electron chi connectivity index (χ3n) is 4.09. The van der Waals surface area contributed by atoms with E-state index in [0.717, 1.165) is 16.9 Å². The number of sulfonamides is 1. The molecule has 2 N–H and O–H groups in total. The number of amides is 1. The van der Waals surface area contributed by atoms with Crippen LogP contribution in [0.15, 0.2) is 76.3 Å². The molecule has 0 aliphatic carbocycles. The minimum absolute atomic E-state index is 0.171. The largest absolute Gasteiger partial charge is 0.494 e. The Labute approximate surface area is 174 Å². The van der Waals surface area contributed by atoms with Crippen LogP contribution in [0, 0.1) is 0 Å². The van der Waals surface area contributed by atoms with Crippen LogP contribution in [0.1, 0.15) is 12.5 Å². The first kappa shape index (κ1) is 21.0. The van der Waals surface area contributed by atoms with Crippen LogP contribution in [-0.2, 0) is 21.2 Å². The number of rotatable bonds is 9. The van der Waals surface area contributed by atoms with Gasteiger partial charge in [-0.25, -0.2) is 8.42 Å². The number of anilines is 1. The average Bonchev–Trinajstić information content (AvgIpc) is 3.26. The third-order valence-corrected chi connectivity index (χ3v) is 6.96. The lowest BCUT2D eigenvalue weighted by molar-refractivity contribution is -0.117. The zero-order chi connectivity index (χ0) is 20.7. The van der Waals surface area contributed by atoms with Crippen molar-refractivity contribution in [2.45, 2.75) is 23.6 Å². The van der Waals surface area contributed by atoms with Gasteiger partial charge in [0.05, 0.1) is 6.61 Å². The number of benzene rings is 2. The van der Waals surface area contributed by atoms with Gasteiger partial charge in [-0.1, -0.05) is 36.4 Å². The average molecular weight is 431 g/mol. The molecule has 0 bridgehead atoms. The van der Waals surface area contributed by atoms with Crippen molar-refractivity contribution in [3.05, 3.63) is 77.7 Å². The Morgan fingerprint density at radius 1 is 1.03 bits per heavy atom. The zero-order valence-electron chi connectivity index (χ0n) is 15.9. The fourth-order valence-electron chi connectivity index (χ4n) is 2.73. The molecule has 1 aromatic heterocycles. The Kier molecular flexibility index (Phi) is 7.03. The Bertz CT molecular complexity index is 1020. The fourth-order valence-corrected chi connectivity index (χ4v) is 4.93. The molecule has 1 unspecified atom stereocenters. The molecule has 2 aromatic carbocycles. The van der Waals surface area contributed by atoms with E-state index in [2.05, 4.69) is 10.0 Å². The van der Waals surface area contributed by atoms with Gasteiger partial charge in [0.1, 0.15) is 16.0 Å². The number of carbonyl (C=O) groups excluding carboxylic acids is 1. The molecule has 0 saturated carbocycles. The molecule has 0 fully saturated rings. The summed E-state index contributed by atoms with van der Waals surface area (Å²) < 4.78 is 33.4. The van der Waals surface area contributed by atoms with Crippen LogP contribution in [-0.4, -0.2) is 27.0 Å². The Hall–Kier alpha value is -2.68. The molecule has 29 heavy (non-hydrogen) atoms. The van der Waals surface area contributed by atoms with E-state index in [-0.39, 0.29) is 10.6 Å². The van der Waals surface area contributed by atoms with Crippen LogP contribution in [0.25, 0.3) is 0 Å². The summed E-state index contributed by atoms with van der Waals surface area (Å²) in [6.45, 7) is 2.44. The molecule has 3 rings (SSSR count). The van der Waals surface area contributed by atoms with Crippen molar-refractivity contribution < 1.29 is 17.9 Å². The van der Waals surface area contributed by atoms with Crippen LogP contribution in [0.5, 0.6) is 5.75 Å². The number of carbonyl (C=O) groups is 1. The van der Waals surface area contributed by atoms with E-state index >= 15 is 0 Å². The van der Waals surface area contributed by atoms with Crippen molar-refractivity contribution in [2.75, 3.05) is 11.9 Å². The molecule has 1 amide bonds. The predicted molar refractivity (Wildman–Crippen MR) is 115 cm³/mol. The van der Waals surface area contributed by atoms with E-state index in [4.69, 9.17) is 4.74 Å². The molecule has 1 atom stereocenters. The molecule has 152 valence electrons. The molecule has 0 saturated heterocycles. The lowest BCUT2D eigenvalue weighted by Crippen LogP contribution is -2.45. The van der Waals surface area contributed by atoms with Gasteiger partial charge < -0.3 is 10.1 Å². The second kappa shape index (κ2) is 9.69. The van der Waals surface area contributed by atoms with Crippen LogP contribution < -0.4 is 14.8 Å². The van der Waals surface area contributed by atoms with E-state index < -0.39 is 22.0 Å². The number of hydrogen-bond acceptors (Lipinski definition) is 5. The third kappa shape index (κ3) is 5.90. The number of thiophene rings is 1. The quantitative estimate of drug-likeness (QED) is 0.542. The van der Waals surface area contributed by atoms with Crippen molar-refractivity contribution in [3.63, 3.8) is 0 Å². The first-order valence-electron chi connectivity index (χ1n) is 9.11. The highest BCUT2D eigenvalue weighted by atomic mass is 32.2. The van der Waals surface area contributed by atoms with Gasteiger partial charge in [-0.2, -0.15) is 4.72 Å². The molecule has 8 heteroatoms. The van der Waals surface area contributed by atoms with Gasteiger partial charge in [0, 0.05) is 5.69 Å². The standard InChI is InChI=1S/C21H22N2O4S2/c1-2-27-18-12-10-17(11-13-18)22-21(24)19(15-16-7-4-3-5-8-16)23-29(25,26)20-9-6-14-28-20/h3-14,19,23H,2,15H2,1H3,(H,22,24). The summed E-state index contributed by atoms with van der Waals surface area (Å²) in [4.78, 5) is 12.9. The molecule has 0 aliphatic rings. The summed E-state index contributed by atoms with van der Waals surface area (Å²) in [5.74, 6) is 0.267. The Morgan fingerprint density at radius 3 is 2.38 bits per heavy atom. The van der Waals surface area contributed by atoms with Crippen LogP contribution in [0.3, 0.4) is 0 Å². The summed E-state index contributed by atoms with van der Waals surface area (Å²) in [5.41, 5.74) is 1.42. The normalized spacial score (nSPS) is 12.3. The number of hydrogen-bond donors (Lipinski definition) is 2. The summed E-state index contributed by atoms with van der Waals surface area (Å²) >= 11 is 1.10. The van der Waals surface area contributed by atoms with Crippen molar-refractivity contribution >= 4 is 33.0 Å². The maximum atomic E-state index is 12.9. The van der Waals surface area contributed by atoms with E-state index in [1.807, 2.05) is 37.3 Å². The Morgan fingerprint density at radius 2 is 1.76 bits per heavy atom. The van der Waals surface area contributed by atoms with Gasteiger partial charge >= 0.3 is 0 Å². The zero-order valence-corrected chi connectivity index (χ0v) is 17.5. The predicted octanol–water partition coefficient (Wildman–Crippen LogP) is 3.68. The van der Waals surface area contributed by atoms with Gasteiger partial charge in [-0.05, 0) is 54.6 Å². The summed E-state index contributed by atoms with van der Waals surface area (Å²) in [6, 6.07) is 18.4. The van der Waals surface area contributed by atoms with Crippen molar-refractivity contribution in [2.24, 2.45) is 0 Å². The van der Waals surface area contributed by atoms with Crippen molar-refractivity contribution in [1.29, 1.82) is 0 Å². The van der Waals surface area contributed by atoms with Gasteiger partial charge in [-0.15, -0.1) is 11.3 Å². The lowest BCUT2D eigenvalue weighted by atomic mass is 10.1. The first-order valence-corrected chi connectivity index (χ1v) is 11.5. The van der Waals surface area contributed by atoms with Gasteiger partial charge in [0.25, 0.3) is 10.0 Å². The van der Waals surface area contributed by atoms with E-state index in [1.165, 1.54) is 6.07 Å². The van der Waals surface area contributed by atoms with Gasteiger partial charge in [0.2, 0.25) is 5.91 Å². The van der Waals surface area contributed by atoms with E-state index in [1.54, 1.807) is 35.7 Å². The highest BCUT2D eigenvalue weighted by molar-refractivity contribution is 7.91. The molecule has 6 nitrogen and oxygen atoms in total. The van der Waals surface area contributed by atoms with E-state index in [9.17, 15) is 13.2 Å². The van der Waals surface area contributed by atoms with Crippen LogP contribution >= 0.6 is 11.3 Å². The number of ether oxygens (including phenoxy) is 1. The Balaban J connectivity index is 1.78. The maximum absolute atomic E-state index is 12.9. The molecule has 0 radical (unpaired) electrons. The highest BCUT2D eigenvalue weighted by Crippen LogP contribution is 2.19. The van der Waals surface area contributed by atoms with Crippen molar-refractivity contribution in [1.82, 2.24) is 4.72 Å². The highest BCUT2D eigenvalue weighted by Gasteiger charge is 2.26. The van der Waals surface area contributed by atoms with Crippen LogP contribution in [0.2, 0.25) is 0 Å². The second-order valence-corrected chi connectivity index (χ2v) is 9.13. The molecular weight excluding hydrogens is 408 g/mol. The monoisotopic (exact) mass is 430 g/mol. The van der Waals surface area contributed by atoms with Gasteiger partial charge in [-0.3, -0.25) is 4.79 Å². The molecular formula is C21H22N2O4S2. The molecule has 0 spiro atoms.